The Morgan fingerprint density at radius 3 is 2.55 bits per heavy atom. The van der Waals surface area contributed by atoms with Crippen LogP contribution in [0.15, 0.2) is 60.3 Å². The number of anilines is 1. The minimum atomic E-state index is -0.381. The Balaban J connectivity index is 1.70. The van der Waals surface area contributed by atoms with Crippen molar-refractivity contribution in [2.45, 2.75) is 19.4 Å². The second-order valence-corrected chi connectivity index (χ2v) is 8.64. The summed E-state index contributed by atoms with van der Waals surface area (Å²) >= 11 is 0. The lowest BCUT2D eigenvalue weighted by atomic mass is 9.91. The number of aromatic nitrogens is 1. The molecule has 0 fully saturated rings. The van der Waals surface area contributed by atoms with E-state index in [-0.39, 0.29) is 11.8 Å². The van der Waals surface area contributed by atoms with Gasteiger partial charge in [0.25, 0.3) is 11.8 Å². The molecule has 1 atom stereocenters. The lowest BCUT2D eigenvalue weighted by Gasteiger charge is -2.28. The van der Waals surface area contributed by atoms with E-state index in [1.807, 2.05) is 42.5 Å². The Morgan fingerprint density at radius 1 is 1.03 bits per heavy atom. The van der Waals surface area contributed by atoms with Gasteiger partial charge in [0.05, 0.1) is 5.57 Å². The number of nitrogens with one attached hydrogen (secondary N) is 2. The summed E-state index contributed by atoms with van der Waals surface area (Å²) in [6, 6.07) is 17.7. The number of hydrogen-bond donors (Lipinski definition) is 2. The molecule has 2 aliphatic heterocycles. The van der Waals surface area contributed by atoms with Crippen molar-refractivity contribution in [3.05, 3.63) is 71.6 Å². The fraction of sp³-hybridized carbons (Fsp3) is 0.280. The SMILES string of the molecule is CN(C)C[C@@H]1CCn2c(c(C3=C(Nc4ccccc4)C(=O)NC3=O)c3ccccc32)C1. The van der Waals surface area contributed by atoms with E-state index in [0.29, 0.717) is 17.2 Å². The molecule has 0 saturated carbocycles. The summed E-state index contributed by atoms with van der Waals surface area (Å²) in [5.41, 5.74) is 4.71. The number of rotatable bonds is 5. The predicted molar refractivity (Wildman–Crippen MR) is 122 cm³/mol. The molecule has 0 saturated heterocycles. The maximum absolute atomic E-state index is 13.0. The fourth-order valence-electron chi connectivity index (χ4n) is 4.94. The molecule has 6 nitrogen and oxygen atoms in total. The van der Waals surface area contributed by atoms with Crippen molar-refractivity contribution in [3.8, 4) is 0 Å². The molecular weight excluding hydrogens is 388 g/mol. The third-order valence-electron chi connectivity index (χ3n) is 6.17. The van der Waals surface area contributed by atoms with Crippen LogP contribution < -0.4 is 10.6 Å². The Labute approximate surface area is 181 Å². The number of nitrogens with zero attached hydrogens (tertiary/aromatic N) is 2. The molecule has 0 radical (unpaired) electrons. The van der Waals surface area contributed by atoms with Crippen molar-refractivity contribution in [2.75, 3.05) is 26.0 Å². The van der Waals surface area contributed by atoms with Crippen LogP contribution in [0.2, 0.25) is 0 Å². The van der Waals surface area contributed by atoms with E-state index < -0.39 is 0 Å². The number of benzene rings is 2. The predicted octanol–water partition coefficient (Wildman–Crippen LogP) is 3.24. The largest absolute Gasteiger partial charge is 0.350 e. The van der Waals surface area contributed by atoms with Crippen LogP contribution >= 0.6 is 0 Å². The first-order valence-electron chi connectivity index (χ1n) is 10.7. The average Bonchev–Trinajstić information content (AvgIpc) is 3.21. The number of carbonyl (C=O) groups is 2. The number of carbonyl (C=O) groups excluding carboxylic acids is 2. The van der Waals surface area contributed by atoms with Crippen LogP contribution in [0.25, 0.3) is 16.5 Å². The zero-order chi connectivity index (χ0) is 21.5. The second kappa shape index (κ2) is 7.71. The molecule has 0 bridgehead atoms. The summed E-state index contributed by atoms with van der Waals surface area (Å²) in [5, 5.41) is 6.74. The standard InChI is InChI=1S/C25H26N4O2/c1-28(2)15-16-12-13-29-19-11-7-6-10-18(19)21(20(29)14-16)22-23(25(31)27-24(22)30)26-17-8-4-3-5-9-17/h3-11,16H,12-15H2,1-2H3,(H2,26,27,30,31)/t16-/m1/s1. The van der Waals surface area contributed by atoms with E-state index in [1.54, 1.807) is 0 Å². The molecular formula is C25H26N4O2. The van der Waals surface area contributed by atoms with E-state index in [9.17, 15) is 9.59 Å². The molecule has 2 N–H and O–H groups in total. The highest BCUT2D eigenvalue weighted by Gasteiger charge is 2.36. The van der Waals surface area contributed by atoms with Crippen LogP contribution in [-0.2, 0) is 22.6 Å². The molecule has 0 spiro atoms. The van der Waals surface area contributed by atoms with E-state index in [4.69, 9.17) is 0 Å². The molecule has 31 heavy (non-hydrogen) atoms. The molecule has 6 heteroatoms. The monoisotopic (exact) mass is 414 g/mol. The zero-order valence-corrected chi connectivity index (χ0v) is 17.8. The van der Waals surface area contributed by atoms with E-state index in [2.05, 4.69) is 46.3 Å². The summed E-state index contributed by atoms with van der Waals surface area (Å²) in [6.07, 6.45) is 1.98. The van der Waals surface area contributed by atoms with Crippen molar-refractivity contribution in [1.82, 2.24) is 14.8 Å². The Morgan fingerprint density at radius 2 is 1.77 bits per heavy atom. The minimum Gasteiger partial charge on any atom is -0.350 e. The number of hydrogen-bond acceptors (Lipinski definition) is 4. The van der Waals surface area contributed by atoms with Crippen LogP contribution in [-0.4, -0.2) is 41.9 Å². The van der Waals surface area contributed by atoms with Crippen molar-refractivity contribution < 1.29 is 9.59 Å². The first kappa shape index (κ1) is 19.6. The van der Waals surface area contributed by atoms with Gasteiger partial charge in [0, 0.05) is 40.9 Å². The summed E-state index contributed by atoms with van der Waals surface area (Å²) in [4.78, 5) is 28.0. The fourth-order valence-corrected chi connectivity index (χ4v) is 4.94. The zero-order valence-electron chi connectivity index (χ0n) is 17.8. The molecule has 2 amide bonds. The normalized spacial score (nSPS) is 18.6. The first-order valence-corrected chi connectivity index (χ1v) is 10.7. The summed E-state index contributed by atoms with van der Waals surface area (Å²) in [6.45, 7) is 1.92. The maximum Gasteiger partial charge on any atom is 0.275 e. The van der Waals surface area contributed by atoms with Gasteiger partial charge in [-0.3, -0.25) is 14.9 Å². The topological polar surface area (TPSA) is 66.4 Å². The molecule has 0 aliphatic carbocycles. The number of imide groups is 1. The van der Waals surface area contributed by atoms with Gasteiger partial charge < -0.3 is 14.8 Å². The molecule has 1 aromatic heterocycles. The van der Waals surface area contributed by atoms with Gasteiger partial charge in [-0.1, -0.05) is 36.4 Å². The highest BCUT2D eigenvalue weighted by Crippen LogP contribution is 2.39. The van der Waals surface area contributed by atoms with Crippen LogP contribution in [0, 0.1) is 5.92 Å². The van der Waals surface area contributed by atoms with Crippen molar-refractivity contribution in [1.29, 1.82) is 0 Å². The first-order chi connectivity index (χ1) is 15.0. The quantitative estimate of drug-likeness (QED) is 0.629. The third-order valence-corrected chi connectivity index (χ3v) is 6.17. The summed E-state index contributed by atoms with van der Waals surface area (Å²) in [7, 11) is 4.19. The molecule has 2 aromatic carbocycles. The highest BCUT2D eigenvalue weighted by molar-refractivity contribution is 6.38. The minimum absolute atomic E-state index is 0.324. The van der Waals surface area contributed by atoms with Crippen LogP contribution in [0.5, 0.6) is 0 Å². The Hall–Kier alpha value is -3.38. The number of amides is 2. The van der Waals surface area contributed by atoms with Gasteiger partial charge >= 0.3 is 0 Å². The molecule has 0 unspecified atom stereocenters. The van der Waals surface area contributed by atoms with E-state index in [1.165, 1.54) is 0 Å². The van der Waals surface area contributed by atoms with Gasteiger partial charge in [0.1, 0.15) is 5.70 Å². The van der Waals surface area contributed by atoms with Gasteiger partial charge in [-0.2, -0.15) is 0 Å². The van der Waals surface area contributed by atoms with Crippen LogP contribution in [0.4, 0.5) is 5.69 Å². The van der Waals surface area contributed by atoms with Crippen molar-refractivity contribution in [3.63, 3.8) is 0 Å². The Kier molecular flexibility index (Phi) is 4.87. The van der Waals surface area contributed by atoms with Crippen molar-refractivity contribution in [2.24, 2.45) is 5.92 Å². The summed E-state index contributed by atoms with van der Waals surface area (Å²) < 4.78 is 2.33. The second-order valence-electron chi connectivity index (χ2n) is 8.64. The van der Waals surface area contributed by atoms with Crippen LogP contribution in [0.3, 0.4) is 0 Å². The molecule has 3 aromatic rings. The van der Waals surface area contributed by atoms with Gasteiger partial charge in [-0.25, -0.2) is 0 Å². The highest BCUT2D eigenvalue weighted by atomic mass is 16.2. The average molecular weight is 415 g/mol. The number of fused-ring (bicyclic) bond motifs is 3. The maximum atomic E-state index is 13.0. The molecule has 3 heterocycles. The number of aryl methyl sites for hydroxylation is 1. The summed E-state index contributed by atoms with van der Waals surface area (Å²) in [5.74, 6) is -0.206. The van der Waals surface area contributed by atoms with E-state index >= 15 is 0 Å². The van der Waals surface area contributed by atoms with Gasteiger partial charge in [0.15, 0.2) is 0 Å². The van der Waals surface area contributed by atoms with Crippen molar-refractivity contribution >= 4 is 34.0 Å². The molecule has 5 rings (SSSR count). The van der Waals surface area contributed by atoms with Crippen LogP contribution in [0.1, 0.15) is 17.7 Å². The number of para-hydroxylation sites is 2. The lowest BCUT2D eigenvalue weighted by Crippen LogP contribution is -2.29. The lowest BCUT2D eigenvalue weighted by molar-refractivity contribution is -0.123. The van der Waals surface area contributed by atoms with E-state index in [0.717, 1.165) is 53.8 Å². The van der Waals surface area contributed by atoms with Gasteiger partial charge in [0.2, 0.25) is 0 Å². The molecule has 158 valence electrons. The smallest absolute Gasteiger partial charge is 0.275 e. The molecule has 2 aliphatic rings. The third kappa shape index (κ3) is 3.43. The Bertz CT molecular complexity index is 1210. The van der Waals surface area contributed by atoms with Gasteiger partial charge in [-0.05, 0) is 51.1 Å². The van der Waals surface area contributed by atoms with Gasteiger partial charge in [-0.15, -0.1) is 0 Å².